The molecule has 104 valence electrons. The average molecular weight is 296 g/mol. The average Bonchev–Trinajstić information content (AvgIpc) is 2.69. The van der Waals surface area contributed by atoms with E-state index >= 15 is 0 Å². The summed E-state index contributed by atoms with van der Waals surface area (Å²) in [4.78, 5) is 26.1. The van der Waals surface area contributed by atoms with Gasteiger partial charge in [0.25, 0.3) is 5.91 Å². The summed E-state index contributed by atoms with van der Waals surface area (Å²) in [5, 5.41) is 17.2. The Morgan fingerprint density at radius 1 is 1.50 bits per heavy atom. The van der Waals surface area contributed by atoms with Crippen molar-refractivity contribution in [3.8, 4) is 0 Å². The van der Waals surface area contributed by atoms with Crippen LogP contribution in [-0.2, 0) is 7.05 Å². The van der Waals surface area contributed by atoms with Gasteiger partial charge in [-0.05, 0) is 13.0 Å². The number of halogens is 1. The lowest BCUT2D eigenvalue weighted by Crippen LogP contribution is -2.15. The Labute approximate surface area is 118 Å². The molecule has 2 heterocycles. The largest absolute Gasteiger partial charge is 0.311 e. The molecule has 0 bridgehead atoms. The van der Waals surface area contributed by atoms with Crippen molar-refractivity contribution < 1.29 is 9.72 Å². The number of nitro groups is 1. The lowest BCUT2D eigenvalue weighted by molar-refractivity contribution is -0.384. The summed E-state index contributed by atoms with van der Waals surface area (Å²) in [5.41, 5.74) is 0.611. The molecule has 0 aromatic carbocycles. The smallest absolute Gasteiger partial charge is 0.301 e. The SMILES string of the molecule is Cc1c(C(=O)Nc2nc(Cl)ccc2[N+](=O)[O-])cnn1C. The van der Waals surface area contributed by atoms with Gasteiger partial charge in [0.05, 0.1) is 16.7 Å². The third-order valence-electron chi connectivity index (χ3n) is 2.75. The van der Waals surface area contributed by atoms with Crippen LogP contribution in [0.25, 0.3) is 0 Å². The zero-order chi connectivity index (χ0) is 14.9. The molecular formula is C11H10ClN5O3. The van der Waals surface area contributed by atoms with E-state index in [-0.39, 0.29) is 16.7 Å². The topological polar surface area (TPSA) is 103 Å². The first-order valence-corrected chi connectivity index (χ1v) is 5.89. The Morgan fingerprint density at radius 3 is 2.75 bits per heavy atom. The van der Waals surface area contributed by atoms with E-state index in [1.807, 2.05) is 0 Å². The summed E-state index contributed by atoms with van der Waals surface area (Å²) in [6.07, 6.45) is 1.38. The van der Waals surface area contributed by atoms with E-state index in [2.05, 4.69) is 15.4 Å². The van der Waals surface area contributed by atoms with E-state index in [9.17, 15) is 14.9 Å². The van der Waals surface area contributed by atoms with Gasteiger partial charge in [0, 0.05) is 18.8 Å². The highest BCUT2D eigenvalue weighted by atomic mass is 35.5. The number of nitrogens with zero attached hydrogens (tertiary/aromatic N) is 4. The molecule has 0 unspecified atom stereocenters. The van der Waals surface area contributed by atoms with Gasteiger partial charge in [-0.1, -0.05) is 11.6 Å². The minimum atomic E-state index is -0.644. The van der Waals surface area contributed by atoms with E-state index in [1.54, 1.807) is 14.0 Å². The van der Waals surface area contributed by atoms with Gasteiger partial charge in [-0.2, -0.15) is 5.10 Å². The van der Waals surface area contributed by atoms with E-state index in [0.29, 0.717) is 11.3 Å². The van der Waals surface area contributed by atoms with Crippen LogP contribution in [-0.4, -0.2) is 25.6 Å². The van der Waals surface area contributed by atoms with Crippen LogP contribution in [0.4, 0.5) is 11.5 Å². The van der Waals surface area contributed by atoms with Gasteiger partial charge in [-0.3, -0.25) is 19.6 Å². The highest BCUT2D eigenvalue weighted by molar-refractivity contribution is 6.29. The maximum atomic E-state index is 12.1. The van der Waals surface area contributed by atoms with Crippen molar-refractivity contribution in [1.82, 2.24) is 14.8 Å². The van der Waals surface area contributed by atoms with Crippen LogP contribution in [0.15, 0.2) is 18.3 Å². The van der Waals surface area contributed by atoms with Gasteiger partial charge in [-0.25, -0.2) is 4.98 Å². The third-order valence-corrected chi connectivity index (χ3v) is 2.96. The van der Waals surface area contributed by atoms with Crippen LogP contribution in [0.1, 0.15) is 16.1 Å². The van der Waals surface area contributed by atoms with Crippen molar-refractivity contribution in [2.75, 3.05) is 5.32 Å². The number of pyridine rings is 1. The van der Waals surface area contributed by atoms with Crippen molar-refractivity contribution in [3.63, 3.8) is 0 Å². The number of hydrogen-bond donors (Lipinski definition) is 1. The van der Waals surface area contributed by atoms with Crippen LogP contribution in [0.5, 0.6) is 0 Å². The number of hydrogen-bond acceptors (Lipinski definition) is 5. The second kappa shape index (κ2) is 5.25. The Kier molecular flexibility index (Phi) is 3.66. The Balaban J connectivity index is 2.35. The van der Waals surface area contributed by atoms with E-state index in [0.717, 1.165) is 0 Å². The number of anilines is 1. The number of rotatable bonds is 3. The predicted molar refractivity (Wildman–Crippen MR) is 71.8 cm³/mol. The molecule has 1 N–H and O–H groups in total. The lowest BCUT2D eigenvalue weighted by atomic mass is 10.2. The Bertz CT molecular complexity index is 697. The van der Waals surface area contributed by atoms with Crippen LogP contribution in [0.2, 0.25) is 5.15 Å². The minimum absolute atomic E-state index is 0.0498. The standard InChI is InChI=1S/C11H10ClN5O3/c1-6-7(5-13-16(6)2)11(18)15-10-8(17(19)20)3-4-9(12)14-10/h3-5H,1-2H3,(H,14,15,18). The maximum Gasteiger partial charge on any atom is 0.311 e. The molecule has 20 heavy (non-hydrogen) atoms. The number of carbonyl (C=O) groups is 1. The van der Waals surface area contributed by atoms with Crippen LogP contribution >= 0.6 is 11.6 Å². The van der Waals surface area contributed by atoms with Gasteiger partial charge in [0.15, 0.2) is 0 Å². The van der Waals surface area contributed by atoms with Crippen molar-refractivity contribution in [3.05, 3.63) is 44.9 Å². The van der Waals surface area contributed by atoms with Gasteiger partial charge in [0.1, 0.15) is 5.15 Å². The molecule has 2 aromatic heterocycles. The second-order valence-corrected chi connectivity index (χ2v) is 4.37. The second-order valence-electron chi connectivity index (χ2n) is 3.98. The minimum Gasteiger partial charge on any atom is -0.301 e. The zero-order valence-corrected chi connectivity index (χ0v) is 11.4. The maximum absolute atomic E-state index is 12.1. The van der Waals surface area contributed by atoms with E-state index in [1.165, 1.54) is 23.0 Å². The first-order valence-electron chi connectivity index (χ1n) is 5.51. The monoisotopic (exact) mass is 295 g/mol. The third kappa shape index (κ3) is 2.59. The summed E-state index contributed by atoms with van der Waals surface area (Å²) in [5.74, 6) is -0.732. The fraction of sp³-hybridized carbons (Fsp3) is 0.182. The van der Waals surface area contributed by atoms with Crippen molar-refractivity contribution in [2.24, 2.45) is 7.05 Å². The first-order chi connectivity index (χ1) is 9.40. The Morgan fingerprint density at radius 2 is 2.20 bits per heavy atom. The molecule has 0 radical (unpaired) electrons. The lowest BCUT2D eigenvalue weighted by Gasteiger charge is -2.05. The summed E-state index contributed by atoms with van der Waals surface area (Å²) in [6, 6.07) is 2.46. The number of carbonyl (C=O) groups excluding carboxylic acids is 1. The molecule has 1 amide bonds. The Hall–Kier alpha value is -2.48. The molecule has 0 aliphatic rings. The number of amides is 1. The molecule has 0 aliphatic heterocycles. The molecule has 0 saturated carbocycles. The summed E-state index contributed by atoms with van der Waals surface area (Å²) < 4.78 is 1.52. The normalized spacial score (nSPS) is 10.3. The summed E-state index contributed by atoms with van der Waals surface area (Å²) >= 11 is 5.68. The fourth-order valence-corrected chi connectivity index (χ4v) is 1.71. The highest BCUT2D eigenvalue weighted by Crippen LogP contribution is 2.24. The highest BCUT2D eigenvalue weighted by Gasteiger charge is 2.20. The fourth-order valence-electron chi connectivity index (χ4n) is 1.56. The molecular weight excluding hydrogens is 286 g/mol. The molecule has 0 aliphatic carbocycles. The van der Waals surface area contributed by atoms with Gasteiger partial charge < -0.3 is 5.32 Å². The molecule has 2 aromatic rings. The number of nitrogens with one attached hydrogen (secondary N) is 1. The molecule has 8 nitrogen and oxygen atoms in total. The molecule has 0 spiro atoms. The molecule has 2 rings (SSSR count). The van der Waals surface area contributed by atoms with E-state index in [4.69, 9.17) is 11.6 Å². The van der Waals surface area contributed by atoms with Gasteiger partial charge >= 0.3 is 5.69 Å². The number of aromatic nitrogens is 3. The quantitative estimate of drug-likeness (QED) is 0.529. The van der Waals surface area contributed by atoms with Crippen molar-refractivity contribution in [1.29, 1.82) is 0 Å². The zero-order valence-electron chi connectivity index (χ0n) is 10.6. The predicted octanol–water partition coefficient (Wildman–Crippen LogP) is 1.94. The van der Waals surface area contributed by atoms with Crippen LogP contribution in [0, 0.1) is 17.0 Å². The summed E-state index contributed by atoms with van der Waals surface area (Å²) in [7, 11) is 1.69. The van der Waals surface area contributed by atoms with Crippen molar-refractivity contribution >= 4 is 29.0 Å². The molecule has 0 atom stereocenters. The van der Waals surface area contributed by atoms with Crippen LogP contribution in [0.3, 0.4) is 0 Å². The number of aryl methyl sites for hydroxylation is 1. The van der Waals surface area contributed by atoms with Gasteiger partial charge in [-0.15, -0.1) is 0 Å². The van der Waals surface area contributed by atoms with E-state index < -0.39 is 10.8 Å². The molecule has 0 fully saturated rings. The van der Waals surface area contributed by atoms with Crippen LogP contribution < -0.4 is 5.32 Å². The first kappa shape index (κ1) is 13.9. The van der Waals surface area contributed by atoms with Gasteiger partial charge in [0.2, 0.25) is 5.82 Å². The molecule has 9 heteroatoms. The van der Waals surface area contributed by atoms with Crippen molar-refractivity contribution in [2.45, 2.75) is 6.92 Å². The summed E-state index contributed by atoms with van der Waals surface area (Å²) in [6.45, 7) is 1.71. The molecule has 0 saturated heterocycles.